The molecular weight excluding hydrogens is 368 g/mol. The van der Waals surface area contributed by atoms with Gasteiger partial charge < -0.3 is 14.5 Å². The molecule has 138 valence electrons. The van der Waals surface area contributed by atoms with E-state index in [0.717, 1.165) is 0 Å². The first-order valence-corrected chi connectivity index (χ1v) is 10.0. The number of carbonyl (C=O) groups excluding carboxylic acids is 2. The summed E-state index contributed by atoms with van der Waals surface area (Å²) in [6.45, 7) is 3.52. The van der Waals surface area contributed by atoms with Crippen LogP contribution in [0.5, 0.6) is 0 Å². The van der Waals surface area contributed by atoms with Crippen LogP contribution in [-0.2, 0) is 19.4 Å². The van der Waals surface area contributed by atoms with Gasteiger partial charge in [0, 0.05) is 32.6 Å². The third kappa shape index (κ3) is 5.09. The summed E-state index contributed by atoms with van der Waals surface area (Å²) >= 11 is 5.92. The number of nitrogens with zero attached hydrogens (tertiary/aromatic N) is 2. The van der Waals surface area contributed by atoms with Gasteiger partial charge in [-0.3, -0.25) is 4.79 Å². The van der Waals surface area contributed by atoms with Crippen LogP contribution in [0.2, 0.25) is 5.02 Å². The van der Waals surface area contributed by atoms with Crippen molar-refractivity contribution in [2.45, 2.75) is 18.2 Å². The highest BCUT2D eigenvalue weighted by Crippen LogP contribution is 2.22. The third-order valence-electron chi connectivity index (χ3n) is 3.91. The van der Waals surface area contributed by atoms with Gasteiger partial charge >= 0.3 is 6.09 Å². The maximum atomic E-state index is 12.3. The fraction of sp³-hybridized carbons (Fsp3) is 0.500. The monoisotopic (exact) mass is 388 g/mol. The topological polar surface area (TPSA) is 84.0 Å². The number of hydrogen-bond acceptors (Lipinski definition) is 5. The van der Waals surface area contributed by atoms with E-state index in [2.05, 4.69) is 0 Å². The van der Waals surface area contributed by atoms with Crippen molar-refractivity contribution >= 4 is 33.4 Å². The number of halogens is 1. The number of benzene rings is 1. The van der Waals surface area contributed by atoms with Crippen LogP contribution in [0.15, 0.2) is 29.2 Å². The van der Waals surface area contributed by atoms with Gasteiger partial charge in [-0.2, -0.15) is 0 Å². The highest BCUT2D eigenvalue weighted by atomic mass is 35.5. The number of rotatable bonds is 5. The normalized spacial score (nSPS) is 15.1. The Balaban J connectivity index is 1.87. The summed E-state index contributed by atoms with van der Waals surface area (Å²) in [5.41, 5.74) is 0. The van der Waals surface area contributed by atoms with Crippen LogP contribution in [0, 0.1) is 0 Å². The Labute approximate surface area is 152 Å². The zero-order valence-electron chi connectivity index (χ0n) is 14.0. The molecule has 0 saturated carbocycles. The SMILES string of the molecule is CCOC(=O)N1CCN(C(=O)CCS(=O)(=O)c2ccccc2Cl)CC1. The Bertz CT molecular complexity index is 730. The van der Waals surface area contributed by atoms with E-state index in [-0.39, 0.29) is 28.0 Å². The van der Waals surface area contributed by atoms with Crippen LogP contribution < -0.4 is 0 Å². The van der Waals surface area contributed by atoms with Crippen LogP contribution in [0.4, 0.5) is 4.79 Å². The third-order valence-corrected chi connectivity index (χ3v) is 6.12. The van der Waals surface area contributed by atoms with Crippen molar-refractivity contribution in [2.75, 3.05) is 38.5 Å². The molecule has 0 bridgehead atoms. The second-order valence-corrected chi connectivity index (χ2v) is 8.05. The van der Waals surface area contributed by atoms with Gasteiger partial charge in [0.25, 0.3) is 0 Å². The first-order valence-electron chi connectivity index (χ1n) is 8.02. The molecule has 1 aliphatic rings. The highest BCUT2D eigenvalue weighted by molar-refractivity contribution is 7.91. The molecule has 2 rings (SSSR count). The molecule has 0 atom stereocenters. The van der Waals surface area contributed by atoms with Gasteiger partial charge in [-0.15, -0.1) is 0 Å². The molecule has 1 aliphatic heterocycles. The van der Waals surface area contributed by atoms with E-state index in [0.29, 0.717) is 32.8 Å². The average Bonchev–Trinajstić information content (AvgIpc) is 2.60. The molecule has 1 aromatic carbocycles. The standard InChI is InChI=1S/C16H21ClN2O5S/c1-2-24-16(21)19-10-8-18(9-11-19)15(20)7-12-25(22,23)14-6-4-3-5-13(14)17/h3-6H,2,7-12H2,1H3. The number of carbonyl (C=O) groups is 2. The maximum Gasteiger partial charge on any atom is 0.409 e. The molecular formula is C16H21ClN2O5S. The van der Waals surface area contributed by atoms with Crippen molar-refractivity contribution < 1.29 is 22.7 Å². The molecule has 1 fully saturated rings. The Morgan fingerprint density at radius 2 is 1.72 bits per heavy atom. The van der Waals surface area contributed by atoms with Gasteiger partial charge in [0.15, 0.2) is 9.84 Å². The van der Waals surface area contributed by atoms with Crippen molar-refractivity contribution in [2.24, 2.45) is 0 Å². The molecule has 0 aliphatic carbocycles. The minimum Gasteiger partial charge on any atom is -0.450 e. The van der Waals surface area contributed by atoms with Crippen molar-refractivity contribution in [3.63, 3.8) is 0 Å². The molecule has 25 heavy (non-hydrogen) atoms. The number of amides is 2. The van der Waals surface area contributed by atoms with Gasteiger partial charge in [-0.05, 0) is 19.1 Å². The molecule has 2 amide bonds. The summed E-state index contributed by atoms with van der Waals surface area (Å²) < 4.78 is 29.6. The number of sulfone groups is 1. The summed E-state index contributed by atoms with van der Waals surface area (Å²) in [6.07, 6.45) is -0.511. The second-order valence-electron chi connectivity index (χ2n) is 5.57. The van der Waals surface area contributed by atoms with E-state index in [1.807, 2.05) is 0 Å². The fourth-order valence-electron chi connectivity index (χ4n) is 2.54. The van der Waals surface area contributed by atoms with Gasteiger partial charge in [0.1, 0.15) is 0 Å². The highest BCUT2D eigenvalue weighted by Gasteiger charge is 2.26. The minimum absolute atomic E-state index is 0.0385. The lowest BCUT2D eigenvalue weighted by molar-refractivity contribution is -0.132. The van der Waals surface area contributed by atoms with E-state index in [1.54, 1.807) is 24.0 Å². The molecule has 7 nitrogen and oxygen atoms in total. The molecule has 1 heterocycles. The summed E-state index contributed by atoms with van der Waals surface area (Å²) in [6, 6.07) is 6.18. The lowest BCUT2D eigenvalue weighted by atomic mass is 10.3. The van der Waals surface area contributed by atoms with Crippen LogP contribution in [0.25, 0.3) is 0 Å². The van der Waals surface area contributed by atoms with Gasteiger partial charge in [0.2, 0.25) is 5.91 Å². The predicted octanol–water partition coefficient (Wildman–Crippen LogP) is 1.80. The van der Waals surface area contributed by atoms with Crippen LogP contribution in [-0.4, -0.2) is 68.8 Å². The molecule has 0 aromatic heterocycles. The Hall–Kier alpha value is -1.80. The number of piperazine rings is 1. The largest absolute Gasteiger partial charge is 0.450 e. The van der Waals surface area contributed by atoms with Crippen molar-refractivity contribution in [1.29, 1.82) is 0 Å². The smallest absolute Gasteiger partial charge is 0.409 e. The van der Waals surface area contributed by atoms with E-state index < -0.39 is 15.9 Å². The first kappa shape index (κ1) is 19.5. The van der Waals surface area contributed by atoms with Crippen LogP contribution in [0.3, 0.4) is 0 Å². The number of ether oxygens (including phenoxy) is 1. The maximum absolute atomic E-state index is 12.3. The summed E-state index contributed by atoms with van der Waals surface area (Å²) in [7, 11) is -3.62. The molecule has 9 heteroatoms. The fourth-order valence-corrected chi connectivity index (χ4v) is 4.34. The van der Waals surface area contributed by atoms with Crippen molar-refractivity contribution in [3.05, 3.63) is 29.3 Å². The van der Waals surface area contributed by atoms with E-state index >= 15 is 0 Å². The zero-order valence-corrected chi connectivity index (χ0v) is 15.6. The predicted molar refractivity (Wildman–Crippen MR) is 93.3 cm³/mol. The first-order chi connectivity index (χ1) is 11.8. The van der Waals surface area contributed by atoms with Crippen LogP contribution >= 0.6 is 11.6 Å². The van der Waals surface area contributed by atoms with E-state index in [1.165, 1.54) is 17.0 Å². The Morgan fingerprint density at radius 1 is 1.12 bits per heavy atom. The van der Waals surface area contributed by atoms with Gasteiger partial charge in [-0.25, -0.2) is 13.2 Å². The molecule has 1 saturated heterocycles. The van der Waals surface area contributed by atoms with Crippen LogP contribution in [0.1, 0.15) is 13.3 Å². The summed E-state index contributed by atoms with van der Waals surface area (Å²) in [5, 5.41) is 0.151. The lowest BCUT2D eigenvalue weighted by Crippen LogP contribution is -2.50. The summed E-state index contributed by atoms with van der Waals surface area (Å²) in [5.74, 6) is -0.549. The zero-order chi connectivity index (χ0) is 18.4. The molecule has 0 radical (unpaired) electrons. The average molecular weight is 389 g/mol. The summed E-state index contributed by atoms with van der Waals surface area (Å²) in [4.78, 5) is 27.0. The van der Waals surface area contributed by atoms with E-state index in [4.69, 9.17) is 16.3 Å². The van der Waals surface area contributed by atoms with Crippen molar-refractivity contribution in [1.82, 2.24) is 9.80 Å². The van der Waals surface area contributed by atoms with E-state index in [9.17, 15) is 18.0 Å². The van der Waals surface area contributed by atoms with Gasteiger partial charge in [-0.1, -0.05) is 23.7 Å². The Morgan fingerprint density at radius 3 is 2.32 bits per heavy atom. The molecule has 0 unspecified atom stereocenters. The van der Waals surface area contributed by atoms with Gasteiger partial charge in [0.05, 0.1) is 22.3 Å². The molecule has 1 aromatic rings. The second kappa shape index (κ2) is 8.53. The van der Waals surface area contributed by atoms with Crippen molar-refractivity contribution in [3.8, 4) is 0 Å². The number of hydrogen-bond donors (Lipinski definition) is 0. The Kier molecular flexibility index (Phi) is 6.66. The quantitative estimate of drug-likeness (QED) is 0.768. The minimum atomic E-state index is -3.62. The molecule has 0 N–H and O–H groups in total. The lowest BCUT2D eigenvalue weighted by Gasteiger charge is -2.34. The molecule has 0 spiro atoms.